The van der Waals surface area contributed by atoms with E-state index in [9.17, 15) is 9.59 Å². The Kier molecular flexibility index (Phi) is 4.05. The van der Waals surface area contributed by atoms with Gasteiger partial charge in [0, 0.05) is 45.2 Å². The molecule has 0 bridgehead atoms. The molecule has 3 atom stereocenters. The molecule has 4 aliphatic rings. The van der Waals surface area contributed by atoms with E-state index in [0.717, 1.165) is 12.8 Å². The van der Waals surface area contributed by atoms with Crippen LogP contribution in [0.3, 0.4) is 0 Å². The van der Waals surface area contributed by atoms with Gasteiger partial charge in [-0.15, -0.1) is 0 Å². The molecule has 0 N–H and O–H groups in total. The lowest BCUT2D eigenvalue weighted by atomic mass is 9.98. The topological polar surface area (TPSA) is 59.1 Å². The number of nitrogens with zero attached hydrogens (tertiary/aromatic N) is 2. The Labute approximate surface area is 137 Å². The Morgan fingerprint density at radius 1 is 1.22 bits per heavy atom. The summed E-state index contributed by atoms with van der Waals surface area (Å²) in [6.45, 7) is 3.38. The quantitative estimate of drug-likeness (QED) is 0.757. The minimum absolute atomic E-state index is 0.0921. The van der Waals surface area contributed by atoms with Gasteiger partial charge in [0.2, 0.25) is 5.91 Å². The van der Waals surface area contributed by atoms with Gasteiger partial charge in [-0.05, 0) is 31.6 Å². The fourth-order valence-electron chi connectivity index (χ4n) is 4.17. The van der Waals surface area contributed by atoms with Crippen LogP contribution in [0.1, 0.15) is 25.7 Å². The number of likely N-dealkylation sites (tertiary alicyclic amines) is 2. The van der Waals surface area contributed by atoms with Crippen LogP contribution in [0.25, 0.3) is 0 Å². The zero-order chi connectivity index (χ0) is 16.0. The summed E-state index contributed by atoms with van der Waals surface area (Å²) in [6.07, 6.45) is 3.73. The number of carbonyl (C=O) groups excluding carboxylic acids is 2. The molecule has 0 aromatic rings. The highest BCUT2D eigenvalue weighted by atomic mass is 16.5. The van der Waals surface area contributed by atoms with E-state index >= 15 is 0 Å². The van der Waals surface area contributed by atoms with Gasteiger partial charge in [0.05, 0.1) is 12.6 Å². The number of amides is 2. The van der Waals surface area contributed by atoms with Gasteiger partial charge < -0.3 is 19.3 Å². The minimum atomic E-state index is -0.349. The zero-order valence-electron chi connectivity index (χ0n) is 13.8. The first-order chi connectivity index (χ1) is 11.1. The van der Waals surface area contributed by atoms with E-state index in [1.165, 1.54) is 12.8 Å². The molecule has 4 rings (SSSR count). The van der Waals surface area contributed by atoms with Crippen molar-refractivity contribution < 1.29 is 19.1 Å². The zero-order valence-corrected chi connectivity index (χ0v) is 13.8. The molecule has 128 valence electrons. The lowest BCUT2D eigenvalue weighted by molar-refractivity contribution is -0.143. The van der Waals surface area contributed by atoms with E-state index in [-0.39, 0.29) is 35.8 Å². The molecule has 3 saturated heterocycles. The molecule has 6 nitrogen and oxygen atoms in total. The summed E-state index contributed by atoms with van der Waals surface area (Å²) in [6, 6.07) is 0.121. The van der Waals surface area contributed by atoms with E-state index in [4.69, 9.17) is 9.47 Å². The fourth-order valence-corrected chi connectivity index (χ4v) is 4.17. The highest BCUT2D eigenvalue weighted by molar-refractivity contribution is 5.85. The first kappa shape index (κ1) is 15.4. The average Bonchev–Trinajstić information content (AvgIpc) is 3.26. The molecular weight excluding hydrogens is 296 g/mol. The van der Waals surface area contributed by atoms with E-state index < -0.39 is 0 Å². The van der Waals surface area contributed by atoms with Gasteiger partial charge >= 0.3 is 0 Å². The Hall–Kier alpha value is -1.14. The van der Waals surface area contributed by atoms with Crippen LogP contribution in [0, 0.1) is 17.8 Å². The van der Waals surface area contributed by atoms with Crippen LogP contribution >= 0.6 is 0 Å². The Bertz CT molecular complexity index is 487. The van der Waals surface area contributed by atoms with Crippen LogP contribution in [-0.4, -0.2) is 73.7 Å². The summed E-state index contributed by atoms with van der Waals surface area (Å²) in [5.74, 6) is 1.21. The van der Waals surface area contributed by atoms with Crippen LogP contribution in [-0.2, 0) is 19.1 Å². The van der Waals surface area contributed by atoms with Crippen molar-refractivity contribution in [2.75, 3.05) is 40.0 Å². The van der Waals surface area contributed by atoms with Gasteiger partial charge in [0.1, 0.15) is 6.10 Å². The van der Waals surface area contributed by atoms with Crippen molar-refractivity contribution in [3.05, 3.63) is 0 Å². The van der Waals surface area contributed by atoms with Gasteiger partial charge in [0.25, 0.3) is 5.91 Å². The van der Waals surface area contributed by atoms with Crippen LogP contribution in [0.15, 0.2) is 0 Å². The summed E-state index contributed by atoms with van der Waals surface area (Å²) in [4.78, 5) is 28.9. The number of likely N-dealkylation sites (N-methyl/N-ethyl adjacent to an activating group) is 1. The maximum atomic E-state index is 12.7. The molecule has 2 amide bonds. The van der Waals surface area contributed by atoms with Gasteiger partial charge in [-0.1, -0.05) is 0 Å². The molecule has 1 aliphatic carbocycles. The molecule has 0 aromatic carbocycles. The smallest absolute Gasteiger partial charge is 0.252 e. The highest BCUT2D eigenvalue weighted by Crippen LogP contribution is 2.36. The molecule has 6 heteroatoms. The number of hydrogen-bond donors (Lipinski definition) is 0. The normalized spacial score (nSPS) is 35.0. The number of ether oxygens (including phenoxy) is 2. The Morgan fingerprint density at radius 2 is 1.96 bits per heavy atom. The predicted octanol–water partition coefficient (Wildman–Crippen LogP) is 0.507. The summed E-state index contributed by atoms with van der Waals surface area (Å²) < 4.78 is 11.3. The maximum Gasteiger partial charge on any atom is 0.252 e. The predicted molar refractivity (Wildman–Crippen MR) is 82.6 cm³/mol. The van der Waals surface area contributed by atoms with Crippen LogP contribution in [0.5, 0.6) is 0 Å². The summed E-state index contributed by atoms with van der Waals surface area (Å²) in [5, 5.41) is 0. The van der Waals surface area contributed by atoms with E-state index in [2.05, 4.69) is 0 Å². The van der Waals surface area contributed by atoms with Crippen LogP contribution in [0.2, 0.25) is 0 Å². The van der Waals surface area contributed by atoms with Crippen LogP contribution < -0.4 is 0 Å². The summed E-state index contributed by atoms with van der Waals surface area (Å²) in [5.41, 5.74) is 0. The molecule has 0 spiro atoms. The van der Waals surface area contributed by atoms with Gasteiger partial charge in [0.15, 0.2) is 0 Å². The fraction of sp³-hybridized carbons (Fsp3) is 0.882. The van der Waals surface area contributed by atoms with E-state index in [1.54, 1.807) is 4.90 Å². The van der Waals surface area contributed by atoms with Crippen molar-refractivity contribution in [3.8, 4) is 0 Å². The third-order valence-electron chi connectivity index (χ3n) is 5.90. The van der Waals surface area contributed by atoms with Crippen molar-refractivity contribution in [2.24, 2.45) is 17.8 Å². The molecule has 0 unspecified atom stereocenters. The second kappa shape index (κ2) is 6.06. The lowest BCUT2D eigenvalue weighted by Crippen LogP contribution is -2.42. The third-order valence-corrected chi connectivity index (χ3v) is 5.90. The van der Waals surface area contributed by atoms with Crippen molar-refractivity contribution >= 4 is 11.8 Å². The van der Waals surface area contributed by atoms with Crippen molar-refractivity contribution in [3.63, 3.8) is 0 Å². The largest absolute Gasteiger partial charge is 0.381 e. The summed E-state index contributed by atoms with van der Waals surface area (Å²) >= 11 is 0. The molecule has 0 aromatic heterocycles. The number of fused-ring (bicyclic) bond motifs is 1. The Morgan fingerprint density at radius 3 is 2.65 bits per heavy atom. The van der Waals surface area contributed by atoms with E-state index in [1.807, 2.05) is 11.9 Å². The van der Waals surface area contributed by atoms with Gasteiger partial charge in [-0.3, -0.25) is 9.59 Å². The molecule has 4 fully saturated rings. The first-order valence-electron chi connectivity index (χ1n) is 8.90. The first-order valence-corrected chi connectivity index (χ1v) is 8.90. The molecule has 23 heavy (non-hydrogen) atoms. The minimum Gasteiger partial charge on any atom is -0.381 e. The second-order valence-electron chi connectivity index (χ2n) is 7.51. The van der Waals surface area contributed by atoms with Gasteiger partial charge in [-0.25, -0.2) is 0 Å². The number of carbonyl (C=O) groups is 2. The standard InChI is InChI=1S/C17H26N2O4/c1-18-14-9-19(16(20)12-4-6-22-7-5-12)8-13(14)15(17(18)21)23-10-11-2-3-11/h11-15H,2-10H2,1H3/t13-,14+,15-/m0/s1. The third kappa shape index (κ3) is 2.87. The van der Waals surface area contributed by atoms with Crippen molar-refractivity contribution in [1.82, 2.24) is 9.80 Å². The summed E-state index contributed by atoms with van der Waals surface area (Å²) in [7, 11) is 1.85. The number of rotatable bonds is 4. The lowest BCUT2D eigenvalue weighted by Gasteiger charge is -2.28. The van der Waals surface area contributed by atoms with E-state index in [0.29, 0.717) is 38.8 Å². The van der Waals surface area contributed by atoms with Crippen LogP contribution in [0.4, 0.5) is 0 Å². The number of hydrogen-bond acceptors (Lipinski definition) is 4. The SMILES string of the molecule is CN1C(=O)[C@@H](OCC2CC2)[C@H]2CN(C(=O)C3CCOCC3)C[C@H]21. The van der Waals surface area contributed by atoms with Gasteiger partial charge in [-0.2, -0.15) is 0 Å². The molecule has 0 radical (unpaired) electrons. The molecule has 3 heterocycles. The monoisotopic (exact) mass is 322 g/mol. The van der Waals surface area contributed by atoms with Crippen molar-refractivity contribution in [2.45, 2.75) is 37.8 Å². The Balaban J connectivity index is 1.40. The molecular formula is C17H26N2O4. The average molecular weight is 322 g/mol. The molecule has 3 aliphatic heterocycles. The maximum absolute atomic E-state index is 12.7. The second-order valence-corrected chi connectivity index (χ2v) is 7.51. The van der Waals surface area contributed by atoms with Crippen molar-refractivity contribution in [1.29, 1.82) is 0 Å². The highest BCUT2D eigenvalue weighted by Gasteiger charge is 2.53. The molecule has 1 saturated carbocycles.